The number of nitrogens with two attached hydrogens (primary N) is 1. The molecule has 0 aliphatic heterocycles. The predicted octanol–water partition coefficient (Wildman–Crippen LogP) is 4.06. The van der Waals surface area contributed by atoms with Crippen LogP contribution in [0.4, 0.5) is 17.6 Å². The van der Waals surface area contributed by atoms with E-state index in [2.05, 4.69) is 0 Å². The number of hydrogen-bond donors (Lipinski definition) is 2. The lowest BCUT2D eigenvalue weighted by molar-refractivity contribution is -0.140. The summed E-state index contributed by atoms with van der Waals surface area (Å²) in [5.74, 6) is -0.997. The van der Waals surface area contributed by atoms with Gasteiger partial charge in [0.05, 0.1) is 17.7 Å². The Labute approximate surface area is 127 Å². The highest BCUT2D eigenvalue weighted by Gasteiger charge is 2.34. The Bertz CT molecular complexity index is 451. The fourth-order valence-electron chi connectivity index (χ4n) is 1.87. The molecule has 0 amide bonds. The molecule has 0 spiro atoms. The van der Waals surface area contributed by atoms with E-state index in [4.69, 9.17) is 5.73 Å². The molecule has 122 valence electrons. The van der Waals surface area contributed by atoms with Crippen LogP contribution in [0.1, 0.15) is 43.9 Å². The van der Waals surface area contributed by atoms with Crippen LogP contribution in [0.15, 0.2) is 18.2 Å². The third-order valence-corrected chi connectivity index (χ3v) is 3.14. The van der Waals surface area contributed by atoms with Gasteiger partial charge in [-0.05, 0) is 36.5 Å². The molecule has 2 nitrogen and oxygen atoms in total. The minimum Gasteiger partial charge on any atom is -0.391 e. The van der Waals surface area contributed by atoms with E-state index >= 15 is 0 Å². The molecule has 0 bridgehead atoms. The van der Waals surface area contributed by atoms with Crippen LogP contribution in [-0.4, -0.2) is 11.2 Å². The van der Waals surface area contributed by atoms with Crippen LogP contribution in [0.3, 0.4) is 0 Å². The topological polar surface area (TPSA) is 46.2 Å². The third kappa shape index (κ3) is 5.80. The second-order valence-corrected chi connectivity index (χ2v) is 5.30. The predicted molar refractivity (Wildman–Crippen MR) is 75.7 cm³/mol. The van der Waals surface area contributed by atoms with Crippen molar-refractivity contribution in [2.75, 3.05) is 0 Å². The van der Waals surface area contributed by atoms with Crippen LogP contribution in [0.5, 0.6) is 0 Å². The van der Waals surface area contributed by atoms with Gasteiger partial charge in [0, 0.05) is 0 Å². The standard InChI is InChI=1S/C14H19F4NO.ClH/c1-8(2)3-6-12(20)13(19)9-4-5-10(11(15)7-9)14(16,17)18;/h4-5,7-8,12-13,20H,3,6,19H2,1-2H3;1H/t12-,13+;/m1./s1. The van der Waals surface area contributed by atoms with Crippen molar-refractivity contribution in [3.63, 3.8) is 0 Å². The highest BCUT2D eigenvalue weighted by Crippen LogP contribution is 2.32. The zero-order valence-corrected chi connectivity index (χ0v) is 12.6. The van der Waals surface area contributed by atoms with Gasteiger partial charge < -0.3 is 10.8 Å². The molecule has 0 aromatic heterocycles. The highest BCUT2D eigenvalue weighted by molar-refractivity contribution is 5.85. The summed E-state index contributed by atoms with van der Waals surface area (Å²) >= 11 is 0. The minimum atomic E-state index is -4.73. The van der Waals surface area contributed by atoms with Gasteiger partial charge in [-0.2, -0.15) is 13.2 Å². The van der Waals surface area contributed by atoms with Crippen molar-refractivity contribution in [1.82, 2.24) is 0 Å². The summed E-state index contributed by atoms with van der Waals surface area (Å²) in [6.07, 6.45) is -4.49. The summed E-state index contributed by atoms with van der Waals surface area (Å²) in [6, 6.07) is 1.60. The van der Waals surface area contributed by atoms with Crippen molar-refractivity contribution in [2.24, 2.45) is 11.7 Å². The van der Waals surface area contributed by atoms with Gasteiger partial charge in [0.25, 0.3) is 0 Å². The number of benzene rings is 1. The van der Waals surface area contributed by atoms with Gasteiger partial charge in [0.15, 0.2) is 0 Å². The van der Waals surface area contributed by atoms with Crippen molar-refractivity contribution in [3.05, 3.63) is 35.1 Å². The smallest absolute Gasteiger partial charge is 0.391 e. The molecular formula is C14H20ClF4NO. The van der Waals surface area contributed by atoms with E-state index < -0.39 is 29.7 Å². The SMILES string of the molecule is CC(C)CC[C@@H](O)[C@@H](N)c1ccc(C(F)(F)F)c(F)c1.Cl. The third-order valence-electron chi connectivity index (χ3n) is 3.14. The first-order valence-electron chi connectivity index (χ1n) is 6.43. The van der Waals surface area contributed by atoms with E-state index in [1.165, 1.54) is 0 Å². The maximum absolute atomic E-state index is 13.4. The summed E-state index contributed by atoms with van der Waals surface area (Å²) in [5.41, 5.74) is 4.59. The van der Waals surface area contributed by atoms with Gasteiger partial charge in [0.2, 0.25) is 0 Å². The molecule has 0 heterocycles. The molecule has 1 aromatic carbocycles. The highest BCUT2D eigenvalue weighted by atomic mass is 35.5. The lowest BCUT2D eigenvalue weighted by Crippen LogP contribution is -2.27. The van der Waals surface area contributed by atoms with Crippen LogP contribution in [0.25, 0.3) is 0 Å². The van der Waals surface area contributed by atoms with Crippen molar-refractivity contribution in [2.45, 2.75) is 45.0 Å². The lowest BCUT2D eigenvalue weighted by atomic mass is 9.95. The molecule has 2 atom stereocenters. The van der Waals surface area contributed by atoms with Crippen LogP contribution in [0, 0.1) is 11.7 Å². The molecule has 0 aliphatic rings. The molecule has 0 aliphatic carbocycles. The second kappa shape index (κ2) is 7.96. The van der Waals surface area contributed by atoms with E-state index in [0.29, 0.717) is 18.4 Å². The maximum Gasteiger partial charge on any atom is 0.419 e. The van der Waals surface area contributed by atoms with Crippen LogP contribution < -0.4 is 5.73 Å². The van der Waals surface area contributed by atoms with Crippen LogP contribution in [0.2, 0.25) is 0 Å². The Morgan fingerprint density at radius 3 is 2.19 bits per heavy atom. The van der Waals surface area contributed by atoms with E-state index in [1.54, 1.807) is 0 Å². The Morgan fingerprint density at radius 1 is 1.19 bits per heavy atom. The number of aliphatic hydroxyl groups excluding tert-OH is 1. The molecule has 1 rings (SSSR count). The van der Waals surface area contributed by atoms with E-state index in [-0.39, 0.29) is 18.0 Å². The molecule has 3 N–H and O–H groups in total. The fraction of sp³-hybridized carbons (Fsp3) is 0.571. The zero-order chi connectivity index (χ0) is 15.5. The summed E-state index contributed by atoms with van der Waals surface area (Å²) in [4.78, 5) is 0. The normalized spacial score (nSPS) is 14.7. The number of alkyl halides is 3. The summed E-state index contributed by atoms with van der Waals surface area (Å²) in [5, 5.41) is 9.87. The maximum atomic E-state index is 13.4. The number of hydrogen-bond acceptors (Lipinski definition) is 2. The van der Waals surface area contributed by atoms with Gasteiger partial charge in [-0.15, -0.1) is 12.4 Å². The quantitative estimate of drug-likeness (QED) is 0.800. The molecule has 0 unspecified atom stereocenters. The molecule has 0 fully saturated rings. The van der Waals surface area contributed by atoms with E-state index in [9.17, 15) is 22.7 Å². The average Bonchev–Trinajstić information content (AvgIpc) is 2.33. The largest absolute Gasteiger partial charge is 0.419 e. The molecule has 0 saturated heterocycles. The summed E-state index contributed by atoms with van der Waals surface area (Å²) in [6.45, 7) is 3.96. The monoisotopic (exact) mass is 329 g/mol. The summed E-state index contributed by atoms with van der Waals surface area (Å²) < 4.78 is 50.7. The minimum absolute atomic E-state index is 0. The summed E-state index contributed by atoms with van der Waals surface area (Å²) in [7, 11) is 0. The fourth-order valence-corrected chi connectivity index (χ4v) is 1.87. The van der Waals surface area contributed by atoms with Crippen LogP contribution in [-0.2, 0) is 6.18 Å². The molecule has 1 aromatic rings. The molecule has 7 heteroatoms. The number of rotatable bonds is 5. The molecule has 21 heavy (non-hydrogen) atoms. The Kier molecular flexibility index (Phi) is 7.64. The van der Waals surface area contributed by atoms with E-state index in [1.807, 2.05) is 13.8 Å². The van der Waals surface area contributed by atoms with Gasteiger partial charge in [-0.25, -0.2) is 4.39 Å². The van der Waals surface area contributed by atoms with Crippen LogP contribution >= 0.6 is 12.4 Å². The number of halogens is 5. The van der Waals surface area contributed by atoms with E-state index in [0.717, 1.165) is 18.6 Å². The van der Waals surface area contributed by atoms with Crippen molar-refractivity contribution in [1.29, 1.82) is 0 Å². The first kappa shape index (κ1) is 20.1. The zero-order valence-electron chi connectivity index (χ0n) is 11.8. The lowest BCUT2D eigenvalue weighted by Gasteiger charge is -2.20. The van der Waals surface area contributed by atoms with Gasteiger partial charge in [-0.1, -0.05) is 19.9 Å². The average molecular weight is 330 g/mol. The van der Waals surface area contributed by atoms with Gasteiger partial charge in [-0.3, -0.25) is 0 Å². The van der Waals surface area contributed by atoms with Crippen molar-refractivity contribution in [3.8, 4) is 0 Å². The Balaban J connectivity index is 0.00000400. The Morgan fingerprint density at radius 2 is 1.76 bits per heavy atom. The number of aliphatic hydroxyl groups is 1. The van der Waals surface area contributed by atoms with Gasteiger partial charge in [0.1, 0.15) is 5.82 Å². The van der Waals surface area contributed by atoms with Gasteiger partial charge >= 0.3 is 6.18 Å². The molecule has 0 radical (unpaired) electrons. The van der Waals surface area contributed by atoms with Crippen molar-refractivity contribution < 1.29 is 22.7 Å². The first-order chi connectivity index (χ1) is 9.12. The molecule has 0 saturated carbocycles. The first-order valence-corrected chi connectivity index (χ1v) is 6.43. The second-order valence-electron chi connectivity index (χ2n) is 5.30. The molecular weight excluding hydrogens is 310 g/mol. The van der Waals surface area contributed by atoms with Crippen molar-refractivity contribution >= 4 is 12.4 Å². The Hall–Kier alpha value is -0.850.